The van der Waals surface area contributed by atoms with Crippen molar-refractivity contribution in [3.63, 3.8) is 0 Å². The molecule has 0 bridgehead atoms. The zero-order chi connectivity index (χ0) is 31.9. The van der Waals surface area contributed by atoms with Crippen LogP contribution in [-0.4, -0.2) is 45.1 Å². The van der Waals surface area contributed by atoms with Gasteiger partial charge in [0.1, 0.15) is 23.4 Å². The topological polar surface area (TPSA) is 108 Å². The van der Waals surface area contributed by atoms with Gasteiger partial charge in [0.2, 0.25) is 5.91 Å². The lowest BCUT2D eigenvalue weighted by molar-refractivity contribution is -0.147. The fraction of sp³-hybridized carbons (Fsp3) is 0.400. The predicted molar refractivity (Wildman–Crippen MR) is 170 cm³/mol. The molecular weight excluding hydrogens is 542 g/mol. The number of aryl methyl sites for hydroxylation is 2. The summed E-state index contributed by atoms with van der Waals surface area (Å²) in [6.45, 7) is 14.9. The molecule has 230 valence electrons. The minimum atomic E-state index is -1.07. The van der Waals surface area contributed by atoms with E-state index in [0.717, 1.165) is 16.7 Å². The van der Waals surface area contributed by atoms with E-state index in [9.17, 15) is 19.5 Å². The Balaban J connectivity index is 2.16. The van der Waals surface area contributed by atoms with Crippen LogP contribution in [0.25, 0.3) is 0 Å². The largest absolute Gasteiger partial charge is 0.508 e. The maximum absolute atomic E-state index is 14.8. The fourth-order valence-electron chi connectivity index (χ4n) is 4.84. The van der Waals surface area contributed by atoms with Gasteiger partial charge in [-0.25, -0.2) is 4.79 Å². The lowest BCUT2D eigenvalue weighted by Crippen LogP contribution is -2.59. The van der Waals surface area contributed by atoms with E-state index in [1.165, 1.54) is 12.1 Å². The van der Waals surface area contributed by atoms with Crippen LogP contribution < -0.4 is 10.6 Å². The number of carbonyl (C=O) groups excluding carboxylic acids is 3. The van der Waals surface area contributed by atoms with Gasteiger partial charge in [-0.05, 0) is 95.3 Å². The molecule has 3 N–H and O–H groups in total. The highest BCUT2D eigenvalue weighted by molar-refractivity contribution is 6.00. The summed E-state index contributed by atoms with van der Waals surface area (Å²) in [7, 11) is 0. The molecule has 0 fully saturated rings. The maximum Gasteiger partial charge on any atom is 0.408 e. The van der Waals surface area contributed by atoms with Crippen molar-refractivity contribution in [2.24, 2.45) is 0 Å². The number of benzene rings is 3. The lowest BCUT2D eigenvalue weighted by atomic mass is 9.89. The molecule has 0 spiro atoms. The van der Waals surface area contributed by atoms with Crippen molar-refractivity contribution in [3.8, 4) is 5.75 Å². The molecule has 0 aliphatic rings. The second kappa shape index (κ2) is 13.8. The summed E-state index contributed by atoms with van der Waals surface area (Å²) in [5, 5.41) is 15.7. The first kappa shape index (κ1) is 33.2. The molecule has 3 amide bonds. The van der Waals surface area contributed by atoms with E-state index >= 15 is 0 Å². The molecule has 2 atom stereocenters. The highest BCUT2D eigenvalue weighted by Gasteiger charge is 2.43. The smallest absolute Gasteiger partial charge is 0.408 e. The van der Waals surface area contributed by atoms with Gasteiger partial charge in [0.25, 0.3) is 5.91 Å². The van der Waals surface area contributed by atoms with Gasteiger partial charge in [0, 0.05) is 17.6 Å². The quantitative estimate of drug-likeness (QED) is 0.241. The Labute approximate surface area is 255 Å². The van der Waals surface area contributed by atoms with Gasteiger partial charge in [0.15, 0.2) is 0 Å². The summed E-state index contributed by atoms with van der Waals surface area (Å²) in [6, 6.07) is 19.4. The van der Waals surface area contributed by atoms with Crippen LogP contribution in [0.15, 0.2) is 72.8 Å². The maximum atomic E-state index is 14.8. The van der Waals surface area contributed by atoms with Crippen LogP contribution in [0.3, 0.4) is 0 Å². The number of hydrogen-bond acceptors (Lipinski definition) is 5. The number of hydrogen-bond donors (Lipinski definition) is 3. The number of amides is 3. The van der Waals surface area contributed by atoms with Crippen LogP contribution in [0.5, 0.6) is 5.75 Å². The monoisotopic (exact) mass is 587 g/mol. The second-order valence-electron chi connectivity index (χ2n) is 12.5. The standard InChI is InChI=1S/C35H45N3O5/c1-9-35(7,8)38(30(27-16-12-10-14-23(27)2)31(40)36-28-17-13-11-15-24(28)3)32(41)29(37-33(42)43-34(4,5)6)22-25-18-20-26(39)21-19-25/h10-21,29-30,39H,9,22H2,1-8H3,(H,36,40)(H,37,42). The van der Waals surface area contributed by atoms with Crippen molar-refractivity contribution in [2.45, 2.75) is 91.5 Å². The number of alkyl carbamates (subject to hydrolysis) is 1. The molecule has 8 heteroatoms. The SMILES string of the molecule is CCC(C)(C)N(C(=O)C(Cc1ccc(O)cc1)NC(=O)OC(C)(C)C)C(C(=O)Nc1ccccc1C)c1ccccc1C. The summed E-state index contributed by atoms with van der Waals surface area (Å²) < 4.78 is 5.53. The van der Waals surface area contributed by atoms with Crippen LogP contribution in [0.1, 0.15) is 76.3 Å². The fourth-order valence-corrected chi connectivity index (χ4v) is 4.84. The van der Waals surface area contributed by atoms with Crippen LogP contribution >= 0.6 is 0 Å². The first-order chi connectivity index (χ1) is 20.1. The van der Waals surface area contributed by atoms with E-state index in [0.29, 0.717) is 17.7 Å². The van der Waals surface area contributed by atoms with E-state index in [2.05, 4.69) is 10.6 Å². The van der Waals surface area contributed by atoms with E-state index in [1.807, 2.05) is 83.1 Å². The highest BCUT2D eigenvalue weighted by atomic mass is 16.6. The summed E-state index contributed by atoms with van der Waals surface area (Å²) >= 11 is 0. The summed E-state index contributed by atoms with van der Waals surface area (Å²) in [6.07, 6.45) is -0.0817. The molecule has 3 aromatic carbocycles. The Hall–Kier alpha value is -4.33. The van der Waals surface area contributed by atoms with Gasteiger partial charge in [-0.15, -0.1) is 0 Å². The van der Waals surface area contributed by atoms with Crippen molar-refractivity contribution in [1.82, 2.24) is 10.2 Å². The molecule has 0 aliphatic heterocycles. The second-order valence-corrected chi connectivity index (χ2v) is 12.5. The van der Waals surface area contributed by atoms with Crippen molar-refractivity contribution in [3.05, 3.63) is 95.1 Å². The summed E-state index contributed by atoms with van der Waals surface area (Å²) in [4.78, 5) is 43.8. The molecule has 0 saturated carbocycles. The van der Waals surface area contributed by atoms with Gasteiger partial charge in [-0.2, -0.15) is 0 Å². The highest BCUT2D eigenvalue weighted by Crippen LogP contribution is 2.35. The van der Waals surface area contributed by atoms with Gasteiger partial charge < -0.3 is 25.4 Å². The minimum Gasteiger partial charge on any atom is -0.508 e. The third kappa shape index (κ3) is 8.83. The Kier molecular flexibility index (Phi) is 10.6. The first-order valence-corrected chi connectivity index (χ1v) is 14.7. The van der Waals surface area contributed by atoms with Gasteiger partial charge in [-0.3, -0.25) is 9.59 Å². The molecule has 2 unspecified atom stereocenters. The number of phenols is 1. The van der Waals surface area contributed by atoms with E-state index in [-0.39, 0.29) is 18.1 Å². The normalized spacial score (nSPS) is 13.0. The third-order valence-corrected chi connectivity index (χ3v) is 7.51. The van der Waals surface area contributed by atoms with E-state index in [1.54, 1.807) is 37.8 Å². The zero-order valence-corrected chi connectivity index (χ0v) is 26.5. The van der Waals surface area contributed by atoms with Gasteiger partial charge >= 0.3 is 6.09 Å². The summed E-state index contributed by atoms with van der Waals surface area (Å²) in [5.41, 5.74) is 2.23. The molecule has 3 rings (SSSR count). The number of nitrogens with one attached hydrogen (secondary N) is 2. The van der Waals surface area contributed by atoms with Crippen LogP contribution in [-0.2, 0) is 20.7 Å². The Morgan fingerprint density at radius 2 is 1.44 bits per heavy atom. The van der Waals surface area contributed by atoms with Crippen LogP contribution in [0, 0.1) is 13.8 Å². The predicted octanol–water partition coefficient (Wildman–Crippen LogP) is 6.84. The number of phenolic OH excluding ortho intramolecular Hbond substituents is 1. The number of para-hydroxylation sites is 1. The average molecular weight is 588 g/mol. The number of carbonyl (C=O) groups is 3. The molecule has 0 aliphatic carbocycles. The minimum absolute atomic E-state index is 0.0907. The lowest BCUT2D eigenvalue weighted by Gasteiger charge is -2.45. The number of nitrogens with zero attached hydrogens (tertiary/aromatic N) is 1. The average Bonchev–Trinajstić information content (AvgIpc) is 2.92. The van der Waals surface area contributed by atoms with Crippen molar-refractivity contribution < 1.29 is 24.2 Å². The molecule has 0 heterocycles. The number of anilines is 1. The zero-order valence-electron chi connectivity index (χ0n) is 26.5. The van der Waals surface area contributed by atoms with Crippen molar-refractivity contribution >= 4 is 23.6 Å². The number of ether oxygens (including phenoxy) is 1. The first-order valence-electron chi connectivity index (χ1n) is 14.7. The Morgan fingerprint density at radius 1 is 0.860 bits per heavy atom. The van der Waals surface area contributed by atoms with Crippen molar-refractivity contribution in [1.29, 1.82) is 0 Å². The molecule has 3 aromatic rings. The van der Waals surface area contributed by atoms with Crippen LogP contribution in [0.4, 0.5) is 10.5 Å². The molecular formula is C35H45N3O5. The Bertz CT molecular complexity index is 1430. The molecule has 0 aromatic heterocycles. The van der Waals surface area contributed by atoms with Gasteiger partial charge in [-0.1, -0.05) is 61.5 Å². The molecule has 0 saturated heterocycles. The van der Waals surface area contributed by atoms with Gasteiger partial charge in [0.05, 0.1) is 0 Å². The third-order valence-electron chi connectivity index (χ3n) is 7.51. The number of aromatic hydroxyl groups is 1. The van der Waals surface area contributed by atoms with Crippen LogP contribution in [0.2, 0.25) is 0 Å². The Morgan fingerprint density at radius 3 is 2.00 bits per heavy atom. The molecule has 0 radical (unpaired) electrons. The van der Waals surface area contributed by atoms with E-state index in [4.69, 9.17) is 4.74 Å². The number of rotatable bonds is 10. The summed E-state index contributed by atoms with van der Waals surface area (Å²) in [5.74, 6) is -0.703. The molecule has 8 nitrogen and oxygen atoms in total. The van der Waals surface area contributed by atoms with Crippen molar-refractivity contribution in [2.75, 3.05) is 5.32 Å². The molecule has 43 heavy (non-hydrogen) atoms. The van der Waals surface area contributed by atoms with E-state index < -0.39 is 35.2 Å².